The summed E-state index contributed by atoms with van der Waals surface area (Å²) in [7, 11) is -3.13. The molecule has 0 radical (unpaired) electrons. The molecule has 1 saturated heterocycles. The Balaban J connectivity index is 2.07. The van der Waals surface area contributed by atoms with Gasteiger partial charge in [-0.25, -0.2) is 12.7 Å². The maximum atomic E-state index is 11.7. The Kier molecular flexibility index (Phi) is 5.66. The predicted octanol–water partition coefficient (Wildman–Crippen LogP) is 2.48. The zero-order chi connectivity index (χ0) is 15.5. The number of aliphatic hydroxyl groups excluding tert-OH is 1. The van der Waals surface area contributed by atoms with E-state index in [0.29, 0.717) is 18.1 Å². The van der Waals surface area contributed by atoms with Crippen molar-refractivity contribution in [3.8, 4) is 0 Å². The average Bonchev–Trinajstić information content (AvgIpc) is 2.45. The molecule has 0 spiro atoms. The van der Waals surface area contributed by atoms with E-state index in [4.69, 9.17) is 11.6 Å². The number of nitrogens with zero attached hydrogens (tertiary/aromatic N) is 1. The van der Waals surface area contributed by atoms with Gasteiger partial charge in [-0.15, -0.1) is 0 Å². The predicted molar refractivity (Wildman–Crippen MR) is 85.0 cm³/mol. The van der Waals surface area contributed by atoms with Gasteiger partial charge in [-0.05, 0) is 36.8 Å². The first kappa shape index (κ1) is 16.7. The van der Waals surface area contributed by atoms with Crippen LogP contribution in [0.1, 0.15) is 30.7 Å². The van der Waals surface area contributed by atoms with E-state index in [1.54, 1.807) is 4.31 Å². The van der Waals surface area contributed by atoms with Crippen LogP contribution < -0.4 is 0 Å². The lowest BCUT2D eigenvalue weighted by molar-refractivity contribution is 0.206. The zero-order valence-electron chi connectivity index (χ0n) is 12.2. The third-order valence-electron chi connectivity index (χ3n) is 4.13. The summed E-state index contributed by atoms with van der Waals surface area (Å²) in [6.45, 7) is 1.17. The molecule has 1 N–H and O–H groups in total. The summed E-state index contributed by atoms with van der Waals surface area (Å²) in [5.74, 6) is 0.227. The quantitative estimate of drug-likeness (QED) is 0.901. The summed E-state index contributed by atoms with van der Waals surface area (Å²) in [4.78, 5) is 0. The smallest absolute Gasteiger partial charge is 0.211 e. The molecule has 2 rings (SSSR count). The van der Waals surface area contributed by atoms with Gasteiger partial charge in [-0.1, -0.05) is 29.8 Å². The fourth-order valence-electron chi connectivity index (χ4n) is 3.03. The summed E-state index contributed by atoms with van der Waals surface area (Å²) in [6, 6.07) is 7.53. The Hall–Kier alpha value is -0.620. The number of piperidine rings is 1. The highest BCUT2D eigenvalue weighted by Gasteiger charge is 2.28. The van der Waals surface area contributed by atoms with Gasteiger partial charge in [0.2, 0.25) is 10.0 Å². The number of hydrogen-bond donors (Lipinski definition) is 1. The first-order valence-corrected chi connectivity index (χ1v) is 9.45. The van der Waals surface area contributed by atoms with E-state index in [9.17, 15) is 13.5 Å². The van der Waals surface area contributed by atoms with E-state index < -0.39 is 10.0 Å². The third kappa shape index (κ3) is 4.42. The van der Waals surface area contributed by atoms with Crippen LogP contribution in [0.3, 0.4) is 0 Å². The highest BCUT2D eigenvalue weighted by molar-refractivity contribution is 7.88. The van der Waals surface area contributed by atoms with E-state index in [2.05, 4.69) is 0 Å². The second kappa shape index (κ2) is 7.09. The molecule has 2 atom stereocenters. The molecule has 6 heteroatoms. The summed E-state index contributed by atoms with van der Waals surface area (Å²) in [6.07, 6.45) is 3.88. The van der Waals surface area contributed by atoms with Gasteiger partial charge in [-0.3, -0.25) is 0 Å². The second-order valence-corrected chi connectivity index (χ2v) is 8.16. The molecule has 2 unspecified atom stereocenters. The van der Waals surface area contributed by atoms with E-state index in [-0.39, 0.29) is 18.4 Å². The molecular formula is C15H22ClNO3S. The van der Waals surface area contributed by atoms with Gasteiger partial charge < -0.3 is 5.11 Å². The number of sulfonamides is 1. The monoisotopic (exact) mass is 331 g/mol. The Labute approximate surface area is 131 Å². The molecule has 0 saturated carbocycles. The van der Waals surface area contributed by atoms with Crippen LogP contribution in [0.5, 0.6) is 0 Å². The maximum absolute atomic E-state index is 11.7. The lowest BCUT2D eigenvalue weighted by Crippen LogP contribution is -2.39. The number of aliphatic hydroxyl groups is 1. The van der Waals surface area contributed by atoms with Crippen molar-refractivity contribution in [2.24, 2.45) is 5.92 Å². The highest BCUT2D eigenvalue weighted by atomic mass is 35.5. The van der Waals surface area contributed by atoms with Gasteiger partial charge in [0.1, 0.15) is 0 Å². The Morgan fingerprint density at radius 2 is 2.14 bits per heavy atom. The largest absolute Gasteiger partial charge is 0.396 e. The normalized spacial score (nSPS) is 22.1. The van der Waals surface area contributed by atoms with Crippen molar-refractivity contribution in [3.63, 3.8) is 0 Å². The summed E-state index contributed by atoms with van der Waals surface area (Å²) >= 11 is 6.20. The van der Waals surface area contributed by atoms with Gasteiger partial charge in [0, 0.05) is 30.6 Å². The Bertz CT molecular complexity index is 576. The van der Waals surface area contributed by atoms with Crippen LogP contribution in [0.25, 0.3) is 0 Å². The first-order chi connectivity index (χ1) is 9.91. The van der Waals surface area contributed by atoms with Crippen molar-refractivity contribution < 1.29 is 13.5 Å². The Morgan fingerprint density at radius 3 is 2.76 bits per heavy atom. The van der Waals surface area contributed by atoms with Gasteiger partial charge in [-0.2, -0.15) is 0 Å². The van der Waals surface area contributed by atoms with Gasteiger partial charge in [0.05, 0.1) is 6.26 Å². The minimum absolute atomic E-state index is 0.0269. The van der Waals surface area contributed by atoms with Crippen LogP contribution in [0, 0.1) is 5.92 Å². The molecule has 21 heavy (non-hydrogen) atoms. The molecule has 1 fully saturated rings. The fraction of sp³-hybridized carbons (Fsp3) is 0.600. The van der Waals surface area contributed by atoms with E-state index in [0.717, 1.165) is 24.8 Å². The van der Waals surface area contributed by atoms with Gasteiger partial charge in [0.15, 0.2) is 0 Å². The Morgan fingerprint density at radius 1 is 1.43 bits per heavy atom. The molecule has 4 nitrogen and oxygen atoms in total. The van der Waals surface area contributed by atoms with Crippen molar-refractivity contribution >= 4 is 21.6 Å². The van der Waals surface area contributed by atoms with Crippen LogP contribution in [-0.4, -0.2) is 43.8 Å². The molecule has 0 aromatic heterocycles. The molecule has 1 aliphatic rings. The fourth-order valence-corrected chi connectivity index (χ4v) is 4.26. The van der Waals surface area contributed by atoms with E-state index in [1.807, 2.05) is 24.3 Å². The lowest BCUT2D eigenvalue weighted by atomic mass is 9.85. The maximum Gasteiger partial charge on any atom is 0.211 e. The summed E-state index contributed by atoms with van der Waals surface area (Å²) in [5, 5.41) is 10.3. The molecule has 1 aromatic rings. The lowest BCUT2D eigenvalue weighted by Gasteiger charge is -2.32. The van der Waals surface area contributed by atoms with Crippen LogP contribution in [-0.2, 0) is 10.0 Å². The zero-order valence-corrected chi connectivity index (χ0v) is 13.8. The SMILES string of the molecule is CS(=O)(=O)N1CCCC(CC(CO)c2ccccc2Cl)C1. The van der Waals surface area contributed by atoms with Gasteiger partial charge in [0.25, 0.3) is 0 Å². The highest BCUT2D eigenvalue weighted by Crippen LogP contribution is 2.32. The number of rotatable bonds is 5. The summed E-state index contributed by atoms with van der Waals surface area (Å²) < 4.78 is 24.9. The first-order valence-electron chi connectivity index (χ1n) is 7.22. The van der Waals surface area contributed by atoms with Crippen LogP contribution in [0.15, 0.2) is 24.3 Å². The molecule has 1 heterocycles. The second-order valence-electron chi connectivity index (χ2n) is 5.77. The van der Waals surface area contributed by atoms with Crippen molar-refractivity contribution in [1.29, 1.82) is 0 Å². The standard InChI is InChI=1S/C15H22ClNO3S/c1-21(19,20)17-8-4-5-12(10-17)9-13(11-18)14-6-2-3-7-15(14)16/h2-3,6-7,12-13,18H,4-5,8-11H2,1H3. The minimum atomic E-state index is -3.13. The summed E-state index contributed by atoms with van der Waals surface area (Å²) in [5.41, 5.74) is 0.943. The van der Waals surface area contributed by atoms with Gasteiger partial charge >= 0.3 is 0 Å². The molecule has 0 amide bonds. The number of halogens is 1. The number of benzene rings is 1. The third-order valence-corrected chi connectivity index (χ3v) is 5.75. The minimum Gasteiger partial charge on any atom is -0.396 e. The van der Waals surface area contributed by atoms with E-state index >= 15 is 0 Å². The van der Waals surface area contributed by atoms with Crippen molar-refractivity contribution in [2.75, 3.05) is 26.0 Å². The molecule has 1 aliphatic heterocycles. The van der Waals surface area contributed by atoms with Crippen LogP contribution in [0.2, 0.25) is 5.02 Å². The van der Waals surface area contributed by atoms with E-state index in [1.165, 1.54) is 6.26 Å². The average molecular weight is 332 g/mol. The van der Waals surface area contributed by atoms with Crippen molar-refractivity contribution in [1.82, 2.24) is 4.31 Å². The molecule has 1 aromatic carbocycles. The molecule has 118 valence electrons. The molecule has 0 bridgehead atoms. The molecule has 0 aliphatic carbocycles. The van der Waals surface area contributed by atoms with Crippen LogP contribution in [0.4, 0.5) is 0 Å². The van der Waals surface area contributed by atoms with Crippen LogP contribution >= 0.6 is 11.6 Å². The van der Waals surface area contributed by atoms with Crippen molar-refractivity contribution in [2.45, 2.75) is 25.2 Å². The molecular weight excluding hydrogens is 310 g/mol. The topological polar surface area (TPSA) is 57.6 Å². The number of hydrogen-bond acceptors (Lipinski definition) is 3. The van der Waals surface area contributed by atoms with Crippen molar-refractivity contribution in [3.05, 3.63) is 34.9 Å².